The van der Waals surface area contributed by atoms with E-state index in [2.05, 4.69) is 175 Å². The fraction of sp³-hybridized carbons (Fsp3) is 0.209. The molecule has 2 atom stereocenters. The van der Waals surface area contributed by atoms with Crippen LogP contribution < -0.4 is 4.90 Å². The van der Waals surface area contributed by atoms with Gasteiger partial charge in [0, 0.05) is 11.4 Å². The fourth-order valence-corrected chi connectivity index (χ4v) is 6.92. The van der Waals surface area contributed by atoms with Gasteiger partial charge in [0.1, 0.15) is 0 Å². The van der Waals surface area contributed by atoms with Crippen molar-refractivity contribution in [1.29, 1.82) is 0 Å². The molecule has 5 aromatic rings. The molecule has 5 aromatic carbocycles. The van der Waals surface area contributed by atoms with Gasteiger partial charge < -0.3 is 4.90 Å². The van der Waals surface area contributed by atoms with Gasteiger partial charge in [-0.3, -0.25) is 0 Å². The topological polar surface area (TPSA) is 3.24 Å². The third kappa shape index (κ3) is 5.55. The number of aryl methyl sites for hydroxylation is 5. The Kier molecular flexibility index (Phi) is 8.15. The minimum absolute atomic E-state index is 0.176. The molecule has 6 rings (SSSR count). The van der Waals surface area contributed by atoms with Crippen LogP contribution in [0.4, 0.5) is 11.4 Å². The van der Waals surface area contributed by atoms with Gasteiger partial charge >= 0.3 is 0 Å². The lowest BCUT2D eigenvalue weighted by molar-refractivity contribution is 0.608. The van der Waals surface area contributed by atoms with Gasteiger partial charge in [0.25, 0.3) is 0 Å². The Morgan fingerprint density at radius 2 is 0.841 bits per heavy atom. The van der Waals surface area contributed by atoms with E-state index in [0.29, 0.717) is 5.92 Å². The first kappa shape index (κ1) is 29.5. The molecule has 0 aliphatic heterocycles. The first-order chi connectivity index (χ1) is 21.2. The molecule has 1 aliphatic rings. The summed E-state index contributed by atoms with van der Waals surface area (Å²) in [6.07, 6.45) is 4.97. The maximum Gasteiger partial charge on any atom is 0.0588 e. The predicted molar refractivity (Wildman–Crippen MR) is 191 cm³/mol. The van der Waals surface area contributed by atoms with E-state index in [1.54, 1.807) is 0 Å². The number of rotatable bonds is 6. The largest absolute Gasteiger partial charge is 0.334 e. The van der Waals surface area contributed by atoms with Gasteiger partial charge in [-0.2, -0.15) is 0 Å². The lowest BCUT2D eigenvalue weighted by Gasteiger charge is -2.38. The van der Waals surface area contributed by atoms with Crippen LogP contribution >= 0.6 is 0 Å². The van der Waals surface area contributed by atoms with E-state index < -0.39 is 0 Å². The van der Waals surface area contributed by atoms with Crippen LogP contribution in [0.25, 0.3) is 27.8 Å². The molecule has 1 nitrogen and oxygen atoms in total. The van der Waals surface area contributed by atoms with Crippen LogP contribution in [0.1, 0.15) is 47.2 Å². The van der Waals surface area contributed by atoms with Gasteiger partial charge in [0.2, 0.25) is 0 Å². The molecule has 0 saturated carbocycles. The monoisotopic (exact) mass is 573 g/mol. The third-order valence-corrected chi connectivity index (χ3v) is 9.39. The minimum Gasteiger partial charge on any atom is -0.334 e. The number of anilines is 2. The summed E-state index contributed by atoms with van der Waals surface area (Å²) in [5.74, 6) is 0.306. The summed E-state index contributed by atoms with van der Waals surface area (Å²) in [6, 6.07) is 40.3. The van der Waals surface area contributed by atoms with Gasteiger partial charge in [0.05, 0.1) is 6.04 Å². The Bertz CT molecular complexity index is 1810. The first-order valence-corrected chi connectivity index (χ1v) is 15.8. The summed E-state index contributed by atoms with van der Waals surface area (Å²) in [5.41, 5.74) is 18.1. The Hall–Kier alpha value is -4.62. The van der Waals surface area contributed by atoms with Gasteiger partial charge in [-0.15, -0.1) is 0 Å². The van der Waals surface area contributed by atoms with Crippen LogP contribution in [-0.2, 0) is 0 Å². The van der Waals surface area contributed by atoms with Gasteiger partial charge in [0.15, 0.2) is 0 Å². The average Bonchev–Trinajstić information content (AvgIpc) is 3.00. The van der Waals surface area contributed by atoms with Crippen LogP contribution in [0.3, 0.4) is 0 Å². The molecule has 1 aliphatic carbocycles. The maximum atomic E-state index is 2.56. The van der Waals surface area contributed by atoms with Crippen LogP contribution in [0.15, 0.2) is 127 Å². The first-order valence-electron chi connectivity index (χ1n) is 15.8. The van der Waals surface area contributed by atoms with Crippen molar-refractivity contribution in [2.75, 3.05) is 4.90 Å². The van der Waals surface area contributed by atoms with Crippen molar-refractivity contribution in [1.82, 2.24) is 0 Å². The Morgan fingerprint density at radius 1 is 0.432 bits per heavy atom. The quantitative estimate of drug-likeness (QED) is 0.195. The predicted octanol–water partition coefficient (Wildman–Crippen LogP) is 11.7. The second-order valence-corrected chi connectivity index (χ2v) is 12.6. The van der Waals surface area contributed by atoms with Crippen LogP contribution in [0.2, 0.25) is 0 Å². The van der Waals surface area contributed by atoms with Gasteiger partial charge in [-0.25, -0.2) is 0 Å². The second kappa shape index (κ2) is 12.2. The molecule has 0 radical (unpaired) electrons. The number of hydrogen-bond acceptors (Lipinski definition) is 1. The highest BCUT2D eigenvalue weighted by atomic mass is 15.2. The number of allylic oxidation sites excluding steroid dienone is 2. The van der Waals surface area contributed by atoms with E-state index >= 15 is 0 Å². The third-order valence-electron chi connectivity index (χ3n) is 9.39. The zero-order valence-corrected chi connectivity index (χ0v) is 27.1. The molecule has 0 fully saturated rings. The zero-order chi connectivity index (χ0) is 31.0. The summed E-state index contributed by atoms with van der Waals surface area (Å²) >= 11 is 0. The van der Waals surface area contributed by atoms with Crippen molar-refractivity contribution in [3.63, 3.8) is 0 Å². The molecule has 0 aromatic heterocycles. The molecule has 2 unspecified atom stereocenters. The van der Waals surface area contributed by atoms with Crippen molar-refractivity contribution in [2.45, 2.75) is 54.5 Å². The molecule has 0 amide bonds. The molecule has 0 bridgehead atoms. The van der Waals surface area contributed by atoms with Gasteiger partial charge in [-0.1, -0.05) is 104 Å². The highest BCUT2D eigenvalue weighted by Gasteiger charge is 2.29. The van der Waals surface area contributed by atoms with Crippen molar-refractivity contribution in [2.24, 2.45) is 5.92 Å². The van der Waals surface area contributed by atoms with Crippen LogP contribution in [-0.4, -0.2) is 6.04 Å². The molecular formula is C43H43N. The molecule has 0 spiro atoms. The molecule has 44 heavy (non-hydrogen) atoms. The summed E-state index contributed by atoms with van der Waals surface area (Å²) in [6.45, 7) is 15.7. The molecule has 0 N–H and O–H groups in total. The van der Waals surface area contributed by atoms with Gasteiger partial charge in [-0.05, 0) is 139 Å². The summed E-state index contributed by atoms with van der Waals surface area (Å²) < 4.78 is 0. The lowest BCUT2D eigenvalue weighted by atomic mass is 9.83. The molecule has 220 valence electrons. The van der Waals surface area contributed by atoms with Crippen molar-refractivity contribution in [3.8, 4) is 22.3 Å². The Morgan fingerprint density at radius 3 is 1.27 bits per heavy atom. The fourth-order valence-electron chi connectivity index (χ4n) is 6.92. The Balaban J connectivity index is 1.47. The highest BCUT2D eigenvalue weighted by Crippen LogP contribution is 2.41. The molecule has 0 saturated heterocycles. The van der Waals surface area contributed by atoms with E-state index in [1.807, 2.05) is 0 Å². The average molecular weight is 574 g/mol. The van der Waals surface area contributed by atoms with Crippen molar-refractivity contribution < 1.29 is 0 Å². The summed E-state index contributed by atoms with van der Waals surface area (Å²) in [4.78, 5) is 2.56. The SMILES string of the molecule is CC1=CC(N(c2ccc(-c3ccccc3C)c(C)c2)c2ccc(-c3ccccc3C)c(C)c2)C(C)C=C1c1ccccc1C. The maximum absolute atomic E-state index is 2.56. The number of hydrogen-bond donors (Lipinski definition) is 0. The molecule has 1 heteroatoms. The van der Waals surface area contributed by atoms with Crippen LogP contribution in [0, 0.1) is 40.5 Å². The van der Waals surface area contributed by atoms with Crippen LogP contribution in [0.5, 0.6) is 0 Å². The number of benzene rings is 5. The van der Waals surface area contributed by atoms with E-state index in [0.717, 1.165) is 0 Å². The second-order valence-electron chi connectivity index (χ2n) is 12.6. The van der Waals surface area contributed by atoms with E-state index in [9.17, 15) is 0 Å². The number of nitrogens with zero attached hydrogens (tertiary/aromatic N) is 1. The Labute approximate surface area is 264 Å². The van der Waals surface area contributed by atoms with Crippen molar-refractivity contribution in [3.05, 3.63) is 160 Å². The smallest absolute Gasteiger partial charge is 0.0588 e. The summed E-state index contributed by atoms with van der Waals surface area (Å²) in [5, 5.41) is 0. The highest BCUT2D eigenvalue weighted by molar-refractivity contribution is 5.83. The van der Waals surface area contributed by atoms with E-state index in [4.69, 9.17) is 0 Å². The van der Waals surface area contributed by atoms with Crippen molar-refractivity contribution >= 4 is 16.9 Å². The van der Waals surface area contributed by atoms with E-state index in [-0.39, 0.29) is 6.04 Å². The normalized spacial score (nSPS) is 16.3. The molecular weight excluding hydrogens is 530 g/mol. The molecule has 0 heterocycles. The standard InChI is InChI=1S/C43H43N/c1-28-14-8-11-17-37(28)40-22-20-35(24-31(40)4)44(36-21-23-41(32(5)25-36)38-18-12-9-15-29(38)2)43-27-33(6)42(26-34(43)7)39-19-13-10-16-30(39)3/h8-27,34,43H,1-7H3. The van der Waals surface area contributed by atoms with E-state index in [1.165, 1.54) is 78.2 Å². The lowest BCUT2D eigenvalue weighted by Crippen LogP contribution is -2.36. The minimum atomic E-state index is 0.176. The summed E-state index contributed by atoms with van der Waals surface area (Å²) in [7, 11) is 0. The zero-order valence-electron chi connectivity index (χ0n) is 27.1.